The standard InChI is InChI=1S/C17H18N4O2/c1-3-20(17-8-12(2)16(10-19-17)21(22)23)11-13-9-18-15-7-5-4-6-14(13)15/h4-10,18H,3,11H2,1-2H3. The molecule has 0 saturated heterocycles. The van der Waals surface area contributed by atoms with Crippen molar-refractivity contribution in [3.05, 3.63) is 64.0 Å². The van der Waals surface area contributed by atoms with Gasteiger partial charge in [0.1, 0.15) is 12.0 Å². The summed E-state index contributed by atoms with van der Waals surface area (Å²) < 4.78 is 0. The summed E-state index contributed by atoms with van der Waals surface area (Å²) in [6.45, 7) is 5.25. The average Bonchev–Trinajstić information content (AvgIpc) is 2.95. The third-order valence-electron chi connectivity index (χ3n) is 4.01. The lowest BCUT2D eigenvalue weighted by atomic mass is 10.1. The van der Waals surface area contributed by atoms with E-state index in [0.717, 1.165) is 17.9 Å². The molecule has 0 bridgehead atoms. The monoisotopic (exact) mass is 310 g/mol. The van der Waals surface area contributed by atoms with E-state index in [-0.39, 0.29) is 5.69 Å². The number of anilines is 1. The van der Waals surface area contributed by atoms with Crippen LogP contribution < -0.4 is 4.90 Å². The zero-order chi connectivity index (χ0) is 16.4. The van der Waals surface area contributed by atoms with Gasteiger partial charge in [-0.2, -0.15) is 0 Å². The number of hydrogen-bond donors (Lipinski definition) is 1. The van der Waals surface area contributed by atoms with E-state index in [2.05, 4.69) is 20.9 Å². The summed E-state index contributed by atoms with van der Waals surface area (Å²) in [5, 5.41) is 12.1. The lowest BCUT2D eigenvalue weighted by Gasteiger charge is -2.22. The molecule has 2 aromatic heterocycles. The quantitative estimate of drug-likeness (QED) is 0.574. The van der Waals surface area contributed by atoms with E-state index in [4.69, 9.17) is 0 Å². The van der Waals surface area contributed by atoms with Crippen molar-refractivity contribution in [2.45, 2.75) is 20.4 Å². The van der Waals surface area contributed by atoms with E-state index in [0.29, 0.717) is 12.1 Å². The van der Waals surface area contributed by atoms with Crippen molar-refractivity contribution in [3.8, 4) is 0 Å². The molecule has 0 aliphatic heterocycles. The van der Waals surface area contributed by atoms with Crippen molar-refractivity contribution in [2.75, 3.05) is 11.4 Å². The van der Waals surface area contributed by atoms with Gasteiger partial charge < -0.3 is 9.88 Å². The maximum atomic E-state index is 10.9. The zero-order valence-corrected chi connectivity index (χ0v) is 13.1. The Balaban J connectivity index is 1.91. The highest BCUT2D eigenvalue weighted by atomic mass is 16.6. The Morgan fingerprint density at radius 3 is 2.83 bits per heavy atom. The van der Waals surface area contributed by atoms with Gasteiger partial charge in [-0.15, -0.1) is 0 Å². The number of rotatable bonds is 5. The molecule has 23 heavy (non-hydrogen) atoms. The predicted molar refractivity (Wildman–Crippen MR) is 90.7 cm³/mol. The number of nitrogens with one attached hydrogen (secondary N) is 1. The number of nitrogens with zero attached hydrogens (tertiary/aromatic N) is 3. The van der Waals surface area contributed by atoms with Crippen LogP contribution >= 0.6 is 0 Å². The normalized spacial score (nSPS) is 10.9. The van der Waals surface area contributed by atoms with Crippen LogP contribution in [0.1, 0.15) is 18.1 Å². The first-order valence-corrected chi connectivity index (χ1v) is 7.51. The van der Waals surface area contributed by atoms with Crippen molar-refractivity contribution < 1.29 is 4.92 Å². The first-order chi connectivity index (χ1) is 11.1. The molecular formula is C17H18N4O2. The Morgan fingerprint density at radius 1 is 1.35 bits per heavy atom. The summed E-state index contributed by atoms with van der Waals surface area (Å²) in [6.07, 6.45) is 3.34. The second kappa shape index (κ2) is 6.08. The van der Waals surface area contributed by atoms with Crippen LogP contribution in [-0.4, -0.2) is 21.4 Å². The topological polar surface area (TPSA) is 75.1 Å². The first kappa shape index (κ1) is 15.0. The maximum absolute atomic E-state index is 10.9. The van der Waals surface area contributed by atoms with Crippen LogP contribution in [0.4, 0.5) is 11.5 Å². The van der Waals surface area contributed by atoms with Gasteiger partial charge in [0.2, 0.25) is 0 Å². The van der Waals surface area contributed by atoms with E-state index in [9.17, 15) is 10.1 Å². The Morgan fingerprint density at radius 2 is 2.13 bits per heavy atom. The van der Waals surface area contributed by atoms with Crippen LogP contribution in [0.2, 0.25) is 0 Å². The summed E-state index contributed by atoms with van der Waals surface area (Å²) >= 11 is 0. The number of aromatic nitrogens is 2. The second-order valence-corrected chi connectivity index (χ2v) is 5.46. The Labute approximate surface area is 133 Å². The molecule has 0 spiro atoms. The van der Waals surface area contributed by atoms with Crippen molar-refractivity contribution >= 4 is 22.4 Å². The van der Waals surface area contributed by atoms with Gasteiger partial charge in [0.25, 0.3) is 5.69 Å². The summed E-state index contributed by atoms with van der Waals surface area (Å²) in [5.74, 6) is 0.751. The van der Waals surface area contributed by atoms with E-state index in [1.54, 1.807) is 13.0 Å². The molecule has 0 radical (unpaired) electrons. The van der Waals surface area contributed by atoms with E-state index in [1.165, 1.54) is 17.1 Å². The molecule has 118 valence electrons. The molecule has 6 nitrogen and oxygen atoms in total. The lowest BCUT2D eigenvalue weighted by Crippen LogP contribution is -2.23. The van der Waals surface area contributed by atoms with Crippen molar-refractivity contribution in [2.24, 2.45) is 0 Å². The smallest absolute Gasteiger partial charge is 0.290 e. The van der Waals surface area contributed by atoms with Gasteiger partial charge >= 0.3 is 0 Å². The Hall–Kier alpha value is -2.89. The number of fused-ring (bicyclic) bond motifs is 1. The molecule has 0 amide bonds. The molecule has 0 unspecified atom stereocenters. The number of nitro groups is 1. The van der Waals surface area contributed by atoms with Crippen molar-refractivity contribution in [1.29, 1.82) is 0 Å². The number of para-hydroxylation sites is 1. The van der Waals surface area contributed by atoms with Crippen LogP contribution in [0.5, 0.6) is 0 Å². The summed E-state index contributed by atoms with van der Waals surface area (Å²) in [7, 11) is 0. The predicted octanol–water partition coefficient (Wildman–Crippen LogP) is 3.81. The minimum Gasteiger partial charge on any atom is -0.361 e. The molecule has 2 heterocycles. The Kier molecular flexibility index (Phi) is 3.97. The molecule has 1 aromatic carbocycles. The fourth-order valence-electron chi connectivity index (χ4n) is 2.72. The van der Waals surface area contributed by atoms with Crippen LogP contribution in [0, 0.1) is 17.0 Å². The molecule has 6 heteroatoms. The SMILES string of the molecule is CCN(Cc1c[nH]c2ccccc12)c1cc(C)c([N+](=O)[O-])cn1. The lowest BCUT2D eigenvalue weighted by molar-refractivity contribution is -0.385. The summed E-state index contributed by atoms with van der Waals surface area (Å²) in [4.78, 5) is 20.2. The molecule has 0 saturated carbocycles. The number of hydrogen-bond acceptors (Lipinski definition) is 4. The van der Waals surface area contributed by atoms with Gasteiger partial charge in [-0.3, -0.25) is 10.1 Å². The van der Waals surface area contributed by atoms with Gasteiger partial charge in [-0.1, -0.05) is 18.2 Å². The number of aromatic amines is 1. The van der Waals surface area contributed by atoms with Gasteiger partial charge in [0, 0.05) is 35.8 Å². The highest BCUT2D eigenvalue weighted by molar-refractivity contribution is 5.83. The molecule has 1 N–H and O–H groups in total. The highest BCUT2D eigenvalue weighted by Crippen LogP contribution is 2.25. The van der Waals surface area contributed by atoms with Crippen LogP contribution in [0.3, 0.4) is 0 Å². The molecular weight excluding hydrogens is 292 g/mol. The van der Waals surface area contributed by atoms with E-state index < -0.39 is 4.92 Å². The van der Waals surface area contributed by atoms with Crippen molar-refractivity contribution in [1.82, 2.24) is 9.97 Å². The van der Waals surface area contributed by atoms with Crippen LogP contribution in [0.25, 0.3) is 10.9 Å². The highest BCUT2D eigenvalue weighted by Gasteiger charge is 2.15. The molecule has 0 aliphatic carbocycles. The zero-order valence-electron chi connectivity index (χ0n) is 13.1. The average molecular weight is 310 g/mol. The first-order valence-electron chi connectivity index (χ1n) is 7.51. The largest absolute Gasteiger partial charge is 0.361 e. The maximum Gasteiger partial charge on any atom is 0.290 e. The van der Waals surface area contributed by atoms with Gasteiger partial charge in [-0.05, 0) is 31.5 Å². The van der Waals surface area contributed by atoms with Gasteiger partial charge in [0.05, 0.1) is 4.92 Å². The minimum absolute atomic E-state index is 0.0527. The van der Waals surface area contributed by atoms with E-state index >= 15 is 0 Å². The fourth-order valence-corrected chi connectivity index (χ4v) is 2.72. The molecule has 0 fully saturated rings. The number of H-pyrrole nitrogens is 1. The Bertz CT molecular complexity index is 857. The van der Waals surface area contributed by atoms with Crippen LogP contribution in [-0.2, 0) is 6.54 Å². The molecule has 0 aliphatic rings. The summed E-state index contributed by atoms with van der Waals surface area (Å²) in [5.41, 5.74) is 2.96. The molecule has 3 aromatic rings. The van der Waals surface area contributed by atoms with Gasteiger partial charge in [-0.25, -0.2) is 4.98 Å². The minimum atomic E-state index is -0.401. The van der Waals surface area contributed by atoms with Gasteiger partial charge in [0.15, 0.2) is 0 Å². The summed E-state index contributed by atoms with van der Waals surface area (Å²) in [6, 6.07) is 9.93. The second-order valence-electron chi connectivity index (χ2n) is 5.46. The molecule has 3 rings (SSSR count). The van der Waals surface area contributed by atoms with Crippen molar-refractivity contribution in [3.63, 3.8) is 0 Å². The van der Waals surface area contributed by atoms with Crippen LogP contribution in [0.15, 0.2) is 42.7 Å². The fraction of sp³-hybridized carbons (Fsp3) is 0.235. The van der Waals surface area contributed by atoms with E-state index in [1.807, 2.05) is 31.3 Å². The number of pyridine rings is 1. The number of benzene rings is 1. The third kappa shape index (κ3) is 2.88. The third-order valence-corrected chi connectivity index (χ3v) is 4.01. The number of aryl methyl sites for hydroxylation is 1. The molecule has 0 atom stereocenters.